The van der Waals surface area contributed by atoms with E-state index >= 15 is 0 Å². The fraction of sp³-hybridized carbons (Fsp3) is 0.0588. The number of hydrogen-bond donors (Lipinski definition) is 0. The highest BCUT2D eigenvalue weighted by Crippen LogP contribution is 2.17. The molecule has 0 spiro atoms. The summed E-state index contributed by atoms with van der Waals surface area (Å²) in [5, 5.41) is 0. The minimum absolute atomic E-state index is 0.349. The van der Waals surface area contributed by atoms with Crippen LogP contribution >= 0.6 is 0 Å². The lowest BCUT2D eigenvalue weighted by Crippen LogP contribution is -2.06. The Hall–Kier alpha value is -2.68. The van der Waals surface area contributed by atoms with E-state index < -0.39 is 0 Å². The quantitative estimate of drug-likeness (QED) is 0.630. The van der Waals surface area contributed by atoms with E-state index in [2.05, 4.69) is 4.99 Å². The molecule has 0 N–H and O–H groups in total. The standard InChI is InChI=1S/C17H13NO2/c19-17-15(11-13-7-3-1-4-8-13)18-16(20-17)12-14-9-5-2-6-10-14/h1-11H,12H2. The highest BCUT2D eigenvalue weighted by atomic mass is 16.6. The lowest BCUT2D eigenvalue weighted by Gasteiger charge is -1.98. The summed E-state index contributed by atoms with van der Waals surface area (Å²) in [6, 6.07) is 19.4. The predicted molar refractivity (Wildman–Crippen MR) is 78.1 cm³/mol. The molecule has 0 unspecified atom stereocenters. The molecule has 20 heavy (non-hydrogen) atoms. The Bertz CT molecular complexity index is 673. The van der Waals surface area contributed by atoms with Crippen molar-refractivity contribution in [2.24, 2.45) is 4.99 Å². The smallest absolute Gasteiger partial charge is 0.363 e. The molecule has 0 amide bonds. The zero-order valence-electron chi connectivity index (χ0n) is 10.8. The molecule has 1 aliphatic rings. The zero-order valence-corrected chi connectivity index (χ0v) is 10.8. The molecule has 0 atom stereocenters. The molecule has 0 bridgehead atoms. The number of esters is 1. The van der Waals surface area contributed by atoms with Gasteiger partial charge in [0.25, 0.3) is 0 Å². The first-order chi connectivity index (χ1) is 9.81. The first-order valence-corrected chi connectivity index (χ1v) is 6.42. The van der Waals surface area contributed by atoms with Crippen LogP contribution in [0.2, 0.25) is 0 Å². The molecule has 3 heteroatoms. The van der Waals surface area contributed by atoms with Gasteiger partial charge < -0.3 is 4.74 Å². The zero-order chi connectivity index (χ0) is 13.8. The number of carbonyl (C=O) groups is 1. The van der Waals surface area contributed by atoms with Crippen LogP contribution in [-0.2, 0) is 16.0 Å². The van der Waals surface area contributed by atoms with Crippen molar-refractivity contribution in [3.8, 4) is 0 Å². The SMILES string of the molecule is O=C1OC(Cc2ccccc2)=NC1=Cc1ccccc1. The summed E-state index contributed by atoms with van der Waals surface area (Å²) in [6.45, 7) is 0. The van der Waals surface area contributed by atoms with Crippen LogP contribution in [0, 0.1) is 0 Å². The van der Waals surface area contributed by atoms with Crippen molar-refractivity contribution in [1.82, 2.24) is 0 Å². The maximum Gasteiger partial charge on any atom is 0.363 e. The van der Waals surface area contributed by atoms with Gasteiger partial charge in [-0.3, -0.25) is 0 Å². The van der Waals surface area contributed by atoms with E-state index in [1.54, 1.807) is 6.08 Å². The van der Waals surface area contributed by atoms with Crippen LogP contribution in [0.5, 0.6) is 0 Å². The van der Waals surface area contributed by atoms with E-state index in [1.165, 1.54) is 0 Å². The third-order valence-electron chi connectivity index (χ3n) is 2.97. The predicted octanol–water partition coefficient (Wildman–Crippen LogP) is 3.23. The maximum absolute atomic E-state index is 11.8. The first kappa shape index (κ1) is 12.4. The molecular formula is C17H13NO2. The fourth-order valence-electron chi connectivity index (χ4n) is 2.01. The number of rotatable bonds is 3. The van der Waals surface area contributed by atoms with Crippen LogP contribution in [0.3, 0.4) is 0 Å². The highest BCUT2D eigenvalue weighted by Gasteiger charge is 2.22. The van der Waals surface area contributed by atoms with Crippen molar-refractivity contribution in [2.75, 3.05) is 0 Å². The average molecular weight is 263 g/mol. The van der Waals surface area contributed by atoms with Crippen molar-refractivity contribution in [2.45, 2.75) is 6.42 Å². The molecule has 1 aliphatic heterocycles. The molecule has 3 rings (SSSR count). The van der Waals surface area contributed by atoms with Crippen LogP contribution in [-0.4, -0.2) is 11.9 Å². The largest absolute Gasteiger partial charge is 0.406 e. The Morgan fingerprint density at radius 3 is 2.30 bits per heavy atom. The topological polar surface area (TPSA) is 38.7 Å². The van der Waals surface area contributed by atoms with Gasteiger partial charge >= 0.3 is 5.97 Å². The van der Waals surface area contributed by atoms with E-state index in [4.69, 9.17) is 4.74 Å². The van der Waals surface area contributed by atoms with E-state index in [0.717, 1.165) is 11.1 Å². The van der Waals surface area contributed by atoms with Gasteiger partial charge in [0.2, 0.25) is 5.90 Å². The normalized spacial score (nSPS) is 16.1. The Morgan fingerprint density at radius 2 is 1.60 bits per heavy atom. The number of cyclic esters (lactones) is 1. The summed E-state index contributed by atoms with van der Waals surface area (Å²) in [5.41, 5.74) is 2.35. The van der Waals surface area contributed by atoms with Crippen LogP contribution < -0.4 is 0 Å². The van der Waals surface area contributed by atoms with Crippen LogP contribution in [0.25, 0.3) is 6.08 Å². The number of ether oxygens (including phenoxy) is 1. The Kier molecular flexibility index (Phi) is 3.42. The van der Waals surface area contributed by atoms with Gasteiger partial charge in [0.05, 0.1) is 0 Å². The Labute approximate surface area is 117 Å². The lowest BCUT2D eigenvalue weighted by atomic mass is 10.1. The molecule has 0 saturated carbocycles. The van der Waals surface area contributed by atoms with Crippen LogP contribution in [0.4, 0.5) is 0 Å². The summed E-state index contributed by atoms with van der Waals surface area (Å²) >= 11 is 0. The molecule has 2 aromatic carbocycles. The number of nitrogens with zero attached hydrogens (tertiary/aromatic N) is 1. The minimum Gasteiger partial charge on any atom is -0.406 e. The third-order valence-corrected chi connectivity index (χ3v) is 2.97. The lowest BCUT2D eigenvalue weighted by molar-refractivity contribution is -0.130. The third kappa shape index (κ3) is 2.83. The molecule has 0 radical (unpaired) electrons. The average Bonchev–Trinajstić information content (AvgIpc) is 2.81. The molecule has 0 aliphatic carbocycles. The number of aliphatic imine (C=N–C) groups is 1. The van der Waals surface area contributed by atoms with Crippen molar-refractivity contribution < 1.29 is 9.53 Å². The minimum atomic E-state index is -0.389. The molecule has 0 aromatic heterocycles. The summed E-state index contributed by atoms with van der Waals surface area (Å²) in [5.74, 6) is 0.0585. The van der Waals surface area contributed by atoms with E-state index in [-0.39, 0.29) is 5.97 Å². The van der Waals surface area contributed by atoms with Gasteiger partial charge in [-0.05, 0) is 17.2 Å². The molecule has 3 nitrogen and oxygen atoms in total. The summed E-state index contributed by atoms with van der Waals surface area (Å²) in [6.07, 6.45) is 2.26. The second kappa shape index (κ2) is 5.53. The summed E-state index contributed by atoms with van der Waals surface area (Å²) in [4.78, 5) is 16.0. The van der Waals surface area contributed by atoms with Crippen LogP contribution in [0.15, 0.2) is 71.4 Å². The molecule has 98 valence electrons. The van der Waals surface area contributed by atoms with E-state index in [0.29, 0.717) is 18.0 Å². The molecular weight excluding hydrogens is 250 g/mol. The van der Waals surface area contributed by atoms with Gasteiger partial charge in [0.1, 0.15) is 0 Å². The number of carbonyl (C=O) groups excluding carboxylic acids is 1. The van der Waals surface area contributed by atoms with Crippen LogP contribution in [0.1, 0.15) is 11.1 Å². The van der Waals surface area contributed by atoms with Crippen molar-refractivity contribution >= 4 is 17.9 Å². The highest BCUT2D eigenvalue weighted by molar-refractivity contribution is 6.07. The maximum atomic E-state index is 11.8. The molecule has 0 saturated heterocycles. The van der Waals surface area contributed by atoms with Gasteiger partial charge in [-0.1, -0.05) is 60.7 Å². The monoisotopic (exact) mass is 263 g/mol. The van der Waals surface area contributed by atoms with Crippen molar-refractivity contribution in [3.05, 3.63) is 77.5 Å². The second-order valence-electron chi connectivity index (χ2n) is 4.50. The molecule has 0 fully saturated rings. The van der Waals surface area contributed by atoms with Crippen molar-refractivity contribution in [3.63, 3.8) is 0 Å². The first-order valence-electron chi connectivity index (χ1n) is 6.42. The Morgan fingerprint density at radius 1 is 0.950 bits per heavy atom. The van der Waals surface area contributed by atoms with E-state index in [9.17, 15) is 4.79 Å². The van der Waals surface area contributed by atoms with Gasteiger partial charge in [-0.15, -0.1) is 0 Å². The van der Waals surface area contributed by atoms with Gasteiger partial charge in [-0.2, -0.15) is 0 Å². The van der Waals surface area contributed by atoms with Gasteiger partial charge in [0, 0.05) is 6.42 Å². The van der Waals surface area contributed by atoms with Gasteiger partial charge in [0.15, 0.2) is 5.70 Å². The number of benzene rings is 2. The van der Waals surface area contributed by atoms with Gasteiger partial charge in [-0.25, -0.2) is 9.79 Å². The second-order valence-corrected chi connectivity index (χ2v) is 4.50. The summed E-state index contributed by atoms with van der Waals surface area (Å²) in [7, 11) is 0. The Balaban J connectivity index is 1.81. The number of hydrogen-bond acceptors (Lipinski definition) is 3. The molecule has 1 heterocycles. The van der Waals surface area contributed by atoms with E-state index in [1.807, 2.05) is 60.7 Å². The summed E-state index contributed by atoms with van der Waals surface area (Å²) < 4.78 is 5.19. The fourth-order valence-corrected chi connectivity index (χ4v) is 2.01. The van der Waals surface area contributed by atoms with Crippen molar-refractivity contribution in [1.29, 1.82) is 0 Å². The molecule has 2 aromatic rings.